The molecule has 1 aromatic carbocycles. The van der Waals surface area contributed by atoms with E-state index in [4.69, 9.17) is 27.9 Å². The van der Waals surface area contributed by atoms with Gasteiger partial charge in [-0.2, -0.15) is 0 Å². The summed E-state index contributed by atoms with van der Waals surface area (Å²) in [4.78, 5) is 0. The van der Waals surface area contributed by atoms with Gasteiger partial charge in [-0.3, -0.25) is 0 Å². The third kappa shape index (κ3) is 2.05. The van der Waals surface area contributed by atoms with Gasteiger partial charge in [0.25, 0.3) is 0 Å². The Morgan fingerprint density at radius 1 is 1.38 bits per heavy atom. The summed E-state index contributed by atoms with van der Waals surface area (Å²) in [6, 6.07) is 3.64. The van der Waals surface area contributed by atoms with Gasteiger partial charge in [-0.1, -0.05) is 45.8 Å². The number of hydrogen-bond donors (Lipinski definition) is 0. The van der Waals surface area contributed by atoms with Crippen molar-refractivity contribution >= 4 is 45.8 Å². The molecule has 1 heterocycles. The molecule has 0 saturated heterocycles. The normalized spacial score (nSPS) is 20.7. The predicted octanol–water partition coefficient (Wildman–Crippen LogP) is 3.73. The lowest BCUT2D eigenvalue weighted by Crippen LogP contribution is -2.20. The summed E-state index contributed by atoms with van der Waals surface area (Å²) >= 11 is 14.2. The molecular formula is C9H7Cl2IO. The van der Waals surface area contributed by atoms with Crippen LogP contribution in [0.1, 0.15) is 5.56 Å². The number of halogens is 3. The molecule has 0 aromatic heterocycles. The van der Waals surface area contributed by atoms with Crippen LogP contribution in [-0.2, 0) is 6.42 Å². The largest absolute Gasteiger partial charge is 0.491 e. The van der Waals surface area contributed by atoms with Crippen LogP contribution in [0.15, 0.2) is 12.1 Å². The van der Waals surface area contributed by atoms with Gasteiger partial charge in [-0.15, -0.1) is 0 Å². The molecule has 0 spiro atoms. The molecule has 0 fully saturated rings. The van der Waals surface area contributed by atoms with Crippen molar-refractivity contribution in [1.29, 1.82) is 0 Å². The van der Waals surface area contributed by atoms with E-state index in [0.717, 1.165) is 24.3 Å². The topological polar surface area (TPSA) is 9.23 Å². The Hall–Kier alpha value is 0.330. The third-order valence-corrected chi connectivity index (χ3v) is 3.23. The quantitative estimate of drug-likeness (QED) is 0.521. The van der Waals surface area contributed by atoms with Gasteiger partial charge in [0, 0.05) is 8.95 Å². The van der Waals surface area contributed by atoms with Gasteiger partial charge < -0.3 is 4.74 Å². The number of ether oxygens (including phenoxy) is 1. The Morgan fingerprint density at radius 2 is 2.15 bits per heavy atom. The van der Waals surface area contributed by atoms with E-state index in [1.165, 1.54) is 0 Å². The molecule has 1 nitrogen and oxygen atoms in total. The van der Waals surface area contributed by atoms with Gasteiger partial charge in [0.1, 0.15) is 12.4 Å². The number of hydrogen-bond acceptors (Lipinski definition) is 1. The number of alkyl halides is 1. The summed E-state index contributed by atoms with van der Waals surface area (Å²) in [5.74, 6) is 0.805. The molecule has 1 atom stereocenters. The van der Waals surface area contributed by atoms with E-state index in [0.29, 0.717) is 14.0 Å². The molecule has 0 bridgehead atoms. The molecule has 0 unspecified atom stereocenters. The highest BCUT2D eigenvalue weighted by Gasteiger charge is 2.20. The monoisotopic (exact) mass is 328 g/mol. The minimum atomic E-state index is 0.514. The van der Waals surface area contributed by atoms with Crippen LogP contribution in [0.5, 0.6) is 5.75 Å². The minimum absolute atomic E-state index is 0.514. The highest BCUT2D eigenvalue weighted by molar-refractivity contribution is 14.1. The average molecular weight is 329 g/mol. The van der Waals surface area contributed by atoms with Crippen molar-refractivity contribution in [2.45, 2.75) is 10.3 Å². The standard InChI is InChI=1S/C9H7Cl2IO/c10-6-1-5-2-7(12)4-13-9(5)8(11)3-6/h1,3,7H,2,4H2/t7-/m0/s1. The number of benzene rings is 1. The molecule has 2 rings (SSSR count). The molecule has 0 amide bonds. The summed E-state index contributed by atoms with van der Waals surface area (Å²) in [6.45, 7) is 0.731. The summed E-state index contributed by atoms with van der Waals surface area (Å²) in [5.41, 5.74) is 1.11. The lowest BCUT2D eigenvalue weighted by Gasteiger charge is -2.22. The SMILES string of the molecule is Clc1cc(Cl)c2c(c1)C[C@H](I)CO2. The Morgan fingerprint density at radius 3 is 2.92 bits per heavy atom. The van der Waals surface area contributed by atoms with Crippen molar-refractivity contribution in [1.82, 2.24) is 0 Å². The van der Waals surface area contributed by atoms with Crippen LogP contribution in [0.3, 0.4) is 0 Å². The van der Waals surface area contributed by atoms with Crippen LogP contribution in [0.4, 0.5) is 0 Å². The first-order chi connectivity index (χ1) is 6.16. The first kappa shape index (κ1) is 9.87. The fourth-order valence-electron chi connectivity index (χ4n) is 1.40. The molecule has 13 heavy (non-hydrogen) atoms. The van der Waals surface area contributed by atoms with Gasteiger partial charge >= 0.3 is 0 Å². The lowest BCUT2D eigenvalue weighted by molar-refractivity contribution is 0.299. The van der Waals surface area contributed by atoms with Crippen molar-refractivity contribution in [3.05, 3.63) is 27.7 Å². The van der Waals surface area contributed by atoms with Crippen LogP contribution in [-0.4, -0.2) is 10.5 Å². The first-order valence-electron chi connectivity index (χ1n) is 3.91. The van der Waals surface area contributed by atoms with E-state index in [9.17, 15) is 0 Å². The molecular weight excluding hydrogens is 322 g/mol. The molecule has 1 aromatic rings. The highest BCUT2D eigenvalue weighted by atomic mass is 127. The first-order valence-corrected chi connectivity index (χ1v) is 5.92. The van der Waals surface area contributed by atoms with Gasteiger partial charge in [-0.05, 0) is 24.1 Å². The Kier molecular flexibility index (Phi) is 2.91. The second-order valence-corrected chi connectivity index (χ2v) is 5.59. The molecule has 0 N–H and O–H groups in total. The third-order valence-electron chi connectivity index (χ3n) is 1.94. The fraction of sp³-hybridized carbons (Fsp3) is 0.333. The maximum Gasteiger partial charge on any atom is 0.141 e. The fourth-order valence-corrected chi connectivity index (χ4v) is 2.64. The summed E-state index contributed by atoms with van der Waals surface area (Å²) in [7, 11) is 0. The van der Waals surface area contributed by atoms with Gasteiger partial charge in [0.2, 0.25) is 0 Å². The van der Waals surface area contributed by atoms with E-state index in [1.54, 1.807) is 6.07 Å². The van der Waals surface area contributed by atoms with Crippen molar-refractivity contribution in [3.8, 4) is 5.75 Å². The van der Waals surface area contributed by atoms with E-state index in [-0.39, 0.29) is 0 Å². The van der Waals surface area contributed by atoms with E-state index in [2.05, 4.69) is 22.6 Å². The summed E-state index contributed by atoms with van der Waals surface area (Å²) in [5, 5.41) is 1.30. The van der Waals surface area contributed by atoms with E-state index < -0.39 is 0 Å². The molecule has 4 heteroatoms. The van der Waals surface area contributed by atoms with Crippen molar-refractivity contribution in [2.75, 3.05) is 6.61 Å². The maximum absolute atomic E-state index is 5.98. The molecule has 1 aliphatic heterocycles. The van der Waals surface area contributed by atoms with Crippen molar-refractivity contribution in [3.63, 3.8) is 0 Å². The zero-order chi connectivity index (χ0) is 9.42. The van der Waals surface area contributed by atoms with E-state index >= 15 is 0 Å². The average Bonchev–Trinajstić information content (AvgIpc) is 2.02. The molecule has 0 radical (unpaired) electrons. The van der Waals surface area contributed by atoms with Gasteiger partial charge in [0.05, 0.1) is 5.02 Å². The van der Waals surface area contributed by atoms with Crippen LogP contribution < -0.4 is 4.74 Å². The van der Waals surface area contributed by atoms with Crippen LogP contribution >= 0.6 is 45.8 Å². The predicted molar refractivity (Wildman–Crippen MR) is 63.5 cm³/mol. The summed E-state index contributed by atoms with van der Waals surface area (Å²) < 4.78 is 6.04. The smallest absolute Gasteiger partial charge is 0.141 e. The minimum Gasteiger partial charge on any atom is -0.491 e. The van der Waals surface area contributed by atoms with Crippen LogP contribution in [0, 0.1) is 0 Å². The molecule has 0 aliphatic carbocycles. The number of rotatable bonds is 0. The summed E-state index contributed by atoms with van der Waals surface area (Å²) in [6.07, 6.45) is 0.982. The zero-order valence-electron chi connectivity index (χ0n) is 6.69. The number of fused-ring (bicyclic) bond motifs is 1. The molecule has 0 saturated carbocycles. The maximum atomic E-state index is 5.98. The van der Waals surface area contributed by atoms with Crippen molar-refractivity contribution in [2.24, 2.45) is 0 Å². The Bertz CT molecular complexity index is 341. The lowest BCUT2D eigenvalue weighted by atomic mass is 10.1. The van der Waals surface area contributed by atoms with Gasteiger partial charge in [-0.25, -0.2) is 0 Å². The van der Waals surface area contributed by atoms with E-state index in [1.807, 2.05) is 6.07 Å². The van der Waals surface area contributed by atoms with Crippen LogP contribution in [0.25, 0.3) is 0 Å². The highest BCUT2D eigenvalue weighted by Crippen LogP contribution is 2.36. The Balaban J connectivity index is 2.47. The van der Waals surface area contributed by atoms with Crippen molar-refractivity contribution < 1.29 is 4.74 Å². The molecule has 1 aliphatic rings. The van der Waals surface area contributed by atoms with Gasteiger partial charge in [0.15, 0.2) is 0 Å². The van der Waals surface area contributed by atoms with Crippen LogP contribution in [0.2, 0.25) is 10.0 Å². The second kappa shape index (κ2) is 3.83. The molecule has 70 valence electrons. The zero-order valence-corrected chi connectivity index (χ0v) is 10.4. The Labute approximate surface area is 101 Å². The second-order valence-electron chi connectivity index (χ2n) is 2.99.